The van der Waals surface area contributed by atoms with Crippen LogP contribution < -0.4 is 5.32 Å². The van der Waals surface area contributed by atoms with Crippen LogP contribution in [0.15, 0.2) is 30.3 Å². The molecule has 0 saturated carbocycles. The van der Waals surface area contributed by atoms with Crippen molar-refractivity contribution in [1.82, 2.24) is 15.1 Å². The standard InChI is InChI=1S/C20H29N3O6/c1-20(2,3)29-18(25)21-16(14-28-13-15-7-5-4-6-8-15)17(24)22-9-11-23(12-10-22)19(26)27/h4-8,16H,9-14H2,1-3H3,(H,21,25)(H,26,27)/t16-/m0/s1. The first-order chi connectivity index (χ1) is 13.7. The second-order valence-electron chi connectivity index (χ2n) is 7.79. The minimum atomic E-state index is -1.01. The minimum absolute atomic E-state index is 0.0217. The summed E-state index contributed by atoms with van der Waals surface area (Å²) in [6.07, 6.45) is -1.71. The fourth-order valence-electron chi connectivity index (χ4n) is 2.83. The van der Waals surface area contributed by atoms with Crippen molar-refractivity contribution < 1.29 is 29.0 Å². The number of rotatable bonds is 6. The van der Waals surface area contributed by atoms with Gasteiger partial charge >= 0.3 is 12.2 Å². The van der Waals surface area contributed by atoms with Gasteiger partial charge < -0.3 is 29.7 Å². The van der Waals surface area contributed by atoms with Gasteiger partial charge in [0, 0.05) is 26.2 Å². The normalized spacial score (nSPS) is 15.6. The molecule has 3 amide bonds. The maximum atomic E-state index is 12.9. The summed E-state index contributed by atoms with van der Waals surface area (Å²) in [6.45, 7) is 6.46. The lowest BCUT2D eigenvalue weighted by atomic mass is 10.2. The second-order valence-corrected chi connectivity index (χ2v) is 7.79. The molecule has 29 heavy (non-hydrogen) atoms. The van der Waals surface area contributed by atoms with E-state index in [2.05, 4.69) is 5.32 Å². The van der Waals surface area contributed by atoms with Gasteiger partial charge in [-0.3, -0.25) is 4.79 Å². The van der Waals surface area contributed by atoms with Crippen LogP contribution in [0.1, 0.15) is 26.3 Å². The van der Waals surface area contributed by atoms with Gasteiger partial charge in [-0.25, -0.2) is 9.59 Å². The Morgan fingerprint density at radius 3 is 2.21 bits per heavy atom. The third-order valence-electron chi connectivity index (χ3n) is 4.25. The fraction of sp³-hybridized carbons (Fsp3) is 0.550. The summed E-state index contributed by atoms with van der Waals surface area (Å²) in [5.41, 5.74) is 0.251. The first-order valence-electron chi connectivity index (χ1n) is 9.53. The molecule has 1 fully saturated rings. The van der Waals surface area contributed by atoms with Crippen LogP contribution in [-0.4, -0.2) is 77.4 Å². The van der Waals surface area contributed by atoms with Gasteiger partial charge in [0.05, 0.1) is 13.2 Å². The van der Waals surface area contributed by atoms with E-state index >= 15 is 0 Å². The summed E-state index contributed by atoms with van der Waals surface area (Å²) in [5.74, 6) is -0.325. The van der Waals surface area contributed by atoms with E-state index in [1.165, 1.54) is 9.80 Å². The Hall–Kier alpha value is -2.81. The van der Waals surface area contributed by atoms with Crippen molar-refractivity contribution >= 4 is 18.1 Å². The van der Waals surface area contributed by atoms with Gasteiger partial charge in [0.1, 0.15) is 11.6 Å². The van der Waals surface area contributed by atoms with Crippen LogP contribution in [0.2, 0.25) is 0 Å². The zero-order chi connectivity index (χ0) is 21.4. The number of piperazine rings is 1. The van der Waals surface area contributed by atoms with Crippen molar-refractivity contribution in [3.8, 4) is 0 Å². The smallest absolute Gasteiger partial charge is 0.408 e. The molecule has 9 heteroatoms. The van der Waals surface area contributed by atoms with Gasteiger partial charge in [-0.15, -0.1) is 0 Å². The van der Waals surface area contributed by atoms with Crippen LogP contribution in [-0.2, 0) is 20.9 Å². The summed E-state index contributed by atoms with van der Waals surface area (Å²) < 4.78 is 10.9. The Kier molecular flexibility index (Phi) is 7.83. The molecule has 1 aliphatic heterocycles. The van der Waals surface area contributed by atoms with Gasteiger partial charge in [0.15, 0.2) is 0 Å². The molecular formula is C20H29N3O6. The third kappa shape index (κ3) is 7.61. The van der Waals surface area contributed by atoms with Crippen LogP contribution >= 0.6 is 0 Å². The number of ether oxygens (including phenoxy) is 2. The summed E-state index contributed by atoms with van der Waals surface area (Å²) >= 11 is 0. The third-order valence-corrected chi connectivity index (χ3v) is 4.25. The molecule has 1 atom stereocenters. The van der Waals surface area contributed by atoms with E-state index in [1.807, 2.05) is 30.3 Å². The Bertz CT molecular complexity index is 696. The summed E-state index contributed by atoms with van der Waals surface area (Å²) in [5, 5.41) is 11.6. The highest BCUT2D eigenvalue weighted by atomic mass is 16.6. The Labute approximate surface area is 170 Å². The number of hydrogen-bond donors (Lipinski definition) is 2. The first kappa shape index (κ1) is 22.5. The van der Waals surface area contributed by atoms with Crippen molar-refractivity contribution in [2.75, 3.05) is 32.8 Å². The van der Waals surface area contributed by atoms with E-state index in [4.69, 9.17) is 14.6 Å². The summed E-state index contributed by atoms with van der Waals surface area (Å²) in [4.78, 5) is 39.0. The number of nitrogens with zero attached hydrogens (tertiary/aromatic N) is 2. The van der Waals surface area contributed by atoms with Gasteiger partial charge in [-0.1, -0.05) is 30.3 Å². The van der Waals surface area contributed by atoms with Crippen molar-refractivity contribution in [2.24, 2.45) is 0 Å². The van der Waals surface area contributed by atoms with Gasteiger partial charge in [0.2, 0.25) is 5.91 Å². The van der Waals surface area contributed by atoms with Crippen molar-refractivity contribution in [3.63, 3.8) is 0 Å². The molecule has 1 aromatic carbocycles. The van der Waals surface area contributed by atoms with Crippen molar-refractivity contribution in [1.29, 1.82) is 0 Å². The van der Waals surface area contributed by atoms with Crippen LogP contribution in [0.3, 0.4) is 0 Å². The van der Waals surface area contributed by atoms with Gasteiger partial charge in [-0.05, 0) is 26.3 Å². The largest absolute Gasteiger partial charge is 0.465 e. The quantitative estimate of drug-likeness (QED) is 0.746. The average Bonchev–Trinajstić information content (AvgIpc) is 2.66. The number of carboxylic acid groups (broad SMARTS) is 1. The SMILES string of the molecule is CC(C)(C)OC(=O)N[C@@H](COCc1ccccc1)C(=O)N1CCN(C(=O)O)CC1. The maximum absolute atomic E-state index is 12.9. The van der Waals surface area contributed by atoms with Crippen LogP contribution in [0.25, 0.3) is 0 Å². The second kappa shape index (κ2) is 10.1. The van der Waals surface area contributed by atoms with Gasteiger partial charge in [-0.2, -0.15) is 0 Å². The molecule has 2 N–H and O–H groups in total. The Balaban J connectivity index is 1.97. The number of carbonyl (C=O) groups is 3. The van der Waals surface area contributed by atoms with Gasteiger partial charge in [0.25, 0.3) is 0 Å². The number of benzene rings is 1. The highest BCUT2D eigenvalue weighted by Gasteiger charge is 2.31. The zero-order valence-electron chi connectivity index (χ0n) is 17.1. The maximum Gasteiger partial charge on any atom is 0.408 e. The molecule has 0 radical (unpaired) electrons. The molecule has 0 bridgehead atoms. The lowest BCUT2D eigenvalue weighted by molar-refractivity contribution is -0.136. The van der Waals surface area contributed by atoms with Crippen LogP contribution in [0, 0.1) is 0 Å². The van der Waals surface area contributed by atoms with E-state index in [9.17, 15) is 14.4 Å². The number of alkyl carbamates (subject to hydrolysis) is 1. The molecule has 2 rings (SSSR count). The number of amides is 3. The predicted molar refractivity (Wildman–Crippen MR) is 105 cm³/mol. The highest BCUT2D eigenvalue weighted by molar-refractivity contribution is 5.86. The summed E-state index contributed by atoms with van der Waals surface area (Å²) in [7, 11) is 0. The van der Waals surface area contributed by atoms with Crippen molar-refractivity contribution in [2.45, 2.75) is 39.0 Å². The first-order valence-corrected chi connectivity index (χ1v) is 9.53. The summed E-state index contributed by atoms with van der Waals surface area (Å²) in [6, 6.07) is 8.57. The lowest BCUT2D eigenvalue weighted by Crippen LogP contribution is -2.57. The van der Waals surface area contributed by atoms with Crippen LogP contribution in [0.5, 0.6) is 0 Å². The predicted octanol–water partition coefficient (Wildman–Crippen LogP) is 1.92. The highest BCUT2D eigenvalue weighted by Crippen LogP contribution is 2.10. The molecule has 1 aliphatic rings. The number of nitrogens with one attached hydrogen (secondary N) is 1. The van der Waals surface area contributed by atoms with E-state index in [0.717, 1.165) is 5.56 Å². The topological polar surface area (TPSA) is 108 Å². The Morgan fingerprint density at radius 2 is 1.66 bits per heavy atom. The van der Waals surface area contributed by atoms with E-state index in [1.54, 1.807) is 20.8 Å². The molecule has 1 aromatic rings. The average molecular weight is 407 g/mol. The number of carbonyl (C=O) groups excluding carboxylic acids is 2. The molecule has 1 saturated heterocycles. The minimum Gasteiger partial charge on any atom is -0.465 e. The van der Waals surface area contributed by atoms with Crippen LogP contribution in [0.4, 0.5) is 9.59 Å². The molecule has 0 unspecified atom stereocenters. The zero-order valence-corrected chi connectivity index (χ0v) is 17.1. The molecule has 9 nitrogen and oxygen atoms in total. The fourth-order valence-corrected chi connectivity index (χ4v) is 2.83. The molecule has 160 valence electrons. The molecule has 1 heterocycles. The Morgan fingerprint density at radius 1 is 1.07 bits per heavy atom. The molecule has 0 aromatic heterocycles. The molecule has 0 spiro atoms. The van der Waals surface area contributed by atoms with E-state index < -0.39 is 23.8 Å². The molecule has 0 aliphatic carbocycles. The lowest BCUT2D eigenvalue weighted by Gasteiger charge is -2.35. The monoisotopic (exact) mass is 407 g/mol. The molecular weight excluding hydrogens is 378 g/mol. The van der Waals surface area contributed by atoms with Crippen molar-refractivity contribution in [3.05, 3.63) is 35.9 Å². The van der Waals surface area contributed by atoms with E-state index in [-0.39, 0.29) is 38.7 Å². The van der Waals surface area contributed by atoms with E-state index in [0.29, 0.717) is 6.61 Å². The number of hydrogen-bond acceptors (Lipinski definition) is 5.